The highest BCUT2D eigenvalue weighted by Crippen LogP contribution is 1.94. The molecule has 3 nitrogen and oxygen atoms in total. The molecule has 0 aromatic carbocycles. The standard InChI is InChI=1S/C9H10BNO2/c1-2-13-9(12)6-7-4-3-5-8(10)11-7/h3-5H,2,6H2,1H3. The van der Waals surface area contributed by atoms with Gasteiger partial charge in [0.25, 0.3) is 0 Å². The maximum atomic E-state index is 11.0. The molecular formula is C9H10BNO2. The molecule has 0 N–H and O–H groups in total. The minimum absolute atomic E-state index is 0.179. The molecule has 0 unspecified atom stereocenters. The van der Waals surface area contributed by atoms with E-state index in [0.29, 0.717) is 17.9 Å². The Morgan fingerprint density at radius 3 is 3.00 bits per heavy atom. The number of ether oxygens (including phenoxy) is 1. The minimum Gasteiger partial charge on any atom is -0.466 e. The van der Waals surface area contributed by atoms with Crippen LogP contribution in [0.1, 0.15) is 12.6 Å². The molecule has 0 atom stereocenters. The summed E-state index contributed by atoms with van der Waals surface area (Å²) in [5.41, 5.74) is 1.06. The van der Waals surface area contributed by atoms with Gasteiger partial charge in [-0.15, -0.1) is 0 Å². The van der Waals surface area contributed by atoms with E-state index in [1.807, 2.05) is 0 Å². The smallest absolute Gasteiger partial charge is 0.311 e. The highest BCUT2D eigenvalue weighted by Gasteiger charge is 2.03. The Morgan fingerprint density at radius 2 is 2.38 bits per heavy atom. The maximum absolute atomic E-state index is 11.0. The molecule has 4 heteroatoms. The van der Waals surface area contributed by atoms with Crippen LogP contribution in [0.3, 0.4) is 0 Å². The van der Waals surface area contributed by atoms with Gasteiger partial charge in [0.15, 0.2) is 0 Å². The molecule has 0 aliphatic heterocycles. The van der Waals surface area contributed by atoms with Gasteiger partial charge in [0.1, 0.15) is 7.85 Å². The fourth-order valence-corrected chi connectivity index (χ4v) is 0.956. The number of carbonyl (C=O) groups is 1. The van der Waals surface area contributed by atoms with Crippen LogP contribution < -0.4 is 5.59 Å². The molecule has 1 heterocycles. The SMILES string of the molecule is [B]c1cccc(CC(=O)OCC)n1. The van der Waals surface area contributed by atoms with Gasteiger partial charge in [-0.25, -0.2) is 0 Å². The van der Waals surface area contributed by atoms with E-state index in [-0.39, 0.29) is 12.4 Å². The van der Waals surface area contributed by atoms with Crippen LogP contribution in [0.2, 0.25) is 0 Å². The van der Waals surface area contributed by atoms with Crippen molar-refractivity contribution in [3.8, 4) is 0 Å². The van der Waals surface area contributed by atoms with Crippen LogP contribution in [0.25, 0.3) is 0 Å². The van der Waals surface area contributed by atoms with Gasteiger partial charge >= 0.3 is 5.97 Å². The molecule has 2 radical (unpaired) electrons. The van der Waals surface area contributed by atoms with Gasteiger partial charge < -0.3 is 4.74 Å². The first-order valence-electron chi connectivity index (χ1n) is 4.09. The van der Waals surface area contributed by atoms with Crippen LogP contribution in [-0.4, -0.2) is 25.4 Å². The van der Waals surface area contributed by atoms with E-state index in [0.717, 1.165) is 0 Å². The minimum atomic E-state index is -0.277. The quantitative estimate of drug-likeness (QED) is 0.478. The fraction of sp³-hybridized carbons (Fsp3) is 0.333. The molecule has 0 amide bonds. The summed E-state index contributed by atoms with van der Waals surface area (Å²) >= 11 is 0. The van der Waals surface area contributed by atoms with Crippen LogP contribution in [0.4, 0.5) is 0 Å². The number of rotatable bonds is 3. The van der Waals surface area contributed by atoms with Gasteiger partial charge in [0, 0.05) is 0 Å². The van der Waals surface area contributed by atoms with Crippen molar-refractivity contribution in [1.82, 2.24) is 4.98 Å². The van der Waals surface area contributed by atoms with Crippen LogP contribution in [-0.2, 0) is 16.0 Å². The summed E-state index contributed by atoms with van der Waals surface area (Å²) in [6, 6.07) is 5.18. The second kappa shape index (κ2) is 4.65. The molecule has 0 bridgehead atoms. The first-order chi connectivity index (χ1) is 6.22. The molecule has 0 saturated carbocycles. The predicted molar refractivity (Wildman–Crippen MR) is 50.0 cm³/mol. The van der Waals surface area contributed by atoms with Crippen molar-refractivity contribution in [3.05, 3.63) is 23.9 Å². The Labute approximate surface area is 78.5 Å². The first kappa shape index (κ1) is 9.77. The summed E-state index contributed by atoms with van der Waals surface area (Å²) < 4.78 is 4.77. The molecule has 0 aliphatic rings. The second-order valence-electron chi connectivity index (χ2n) is 2.54. The summed E-state index contributed by atoms with van der Waals surface area (Å²) in [5.74, 6) is -0.277. The molecule has 1 aromatic heterocycles. The number of aromatic nitrogens is 1. The van der Waals surface area contributed by atoms with Gasteiger partial charge in [-0.3, -0.25) is 9.78 Å². The number of pyridine rings is 1. The normalized spacial score (nSPS) is 9.62. The summed E-state index contributed by atoms with van der Waals surface area (Å²) in [6.45, 7) is 2.16. The van der Waals surface area contributed by atoms with Gasteiger partial charge in [-0.1, -0.05) is 12.1 Å². The van der Waals surface area contributed by atoms with E-state index >= 15 is 0 Å². The third-order valence-electron chi connectivity index (χ3n) is 1.46. The van der Waals surface area contributed by atoms with Gasteiger partial charge in [-0.05, 0) is 18.6 Å². The number of hydrogen-bond acceptors (Lipinski definition) is 3. The molecule has 1 rings (SSSR count). The van der Waals surface area contributed by atoms with E-state index in [2.05, 4.69) is 4.98 Å². The Bertz CT molecular complexity index is 301. The number of esters is 1. The maximum Gasteiger partial charge on any atom is 0.311 e. The third-order valence-corrected chi connectivity index (χ3v) is 1.46. The van der Waals surface area contributed by atoms with Crippen molar-refractivity contribution in [3.63, 3.8) is 0 Å². The topological polar surface area (TPSA) is 39.2 Å². The molecule has 13 heavy (non-hydrogen) atoms. The number of carbonyl (C=O) groups excluding carboxylic acids is 1. The van der Waals surface area contributed by atoms with E-state index in [1.54, 1.807) is 25.1 Å². The van der Waals surface area contributed by atoms with E-state index in [1.165, 1.54) is 0 Å². The lowest BCUT2D eigenvalue weighted by molar-refractivity contribution is -0.142. The zero-order valence-electron chi connectivity index (χ0n) is 7.49. The molecular weight excluding hydrogens is 165 g/mol. The highest BCUT2D eigenvalue weighted by atomic mass is 16.5. The molecule has 66 valence electrons. The monoisotopic (exact) mass is 175 g/mol. The average Bonchev–Trinajstić information content (AvgIpc) is 2.04. The second-order valence-corrected chi connectivity index (χ2v) is 2.54. The molecule has 0 saturated heterocycles. The first-order valence-corrected chi connectivity index (χ1v) is 4.09. The van der Waals surface area contributed by atoms with Crippen molar-refractivity contribution >= 4 is 19.4 Å². The lowest BCUT2D eigenvalue weighted by Crippen LogP contribution is -2.14. The summed E-state index contributed by atoms with van der Waals surface area (Å²) in [5, 5.41) is 0. The van der Waals surface area contributed by atoms with Gasteiger partial charge in [0.05, 0.1) is 18.7 Å². The van der Waals surface area contributed by atoms with Crippen LogP contribution in [0.5, 0.6) is 0 Å². The van der Waals surface area contributed by atoms with Crippen LogP contribution >= 0.6 is 0 Å². The summed E-state index contributed by atoms with van der Waals surface area (Å²) in [7, 11) is 5.45. The zero-order valence-corrected chi connectivity index (χ0v) is 7.49. The Kier molecular flexibility index (Phi) is 3.49. The number of nitrogens with zero attached hydrogens (tertiary/aromatic N) is 1. The van der Waals surface area contributed by atoms with E-state index in [4.69, 9.17) is 12.6 Å². The van der Waals surface area contributed by atoms with Crippen LogP contribution in [0.15, 0.2) is 18.2 Å². The summed E-state index contributed by atoms with van der Waals surface area (Å²) in [4.78, 5) is 15.0. The average molecular weight is 175 g/mol. The van der Waals surface area contributed by atoms with E-state index < -0.39 is 0 Å². The largest absolute Gasteiger partial charge is 0.466 e. The van der Waals surface area contributed by atoms with Crippen molar-refractivity contribution in [1.29, 1.82) is 0 Å². The van der Waals surface area contributed by atoms with Crippen LogP contribution in [0, 0.1) is 0 Å². The van der Waals surface area contributed by atoms with Crippen molar-refractivity contribution in [2.24, 2.45) is 0 Å². The summed E-state index contributed by atoms with van der Waals surface area (Å²) in [6.07, 6.45) is 0.179. The molecule has 0 fully saturated rings. The molecule has 0 spiro atoms. The molecule has 0 aliphatic carbocycles. The predicted octanol–water partition coefficient (Wildman–Crippen LogP) is -0.0190. The Morgan fingerprint density at radius 1 is 1.62 bits per heavy atom. The third kappa shape index (κ3) is 3.28. The lowest BCUT2D eigenvalue weighted by Gasteiger charge is -2.01. The van der Waals surface area contributed by atoms with Crippen molar-refractivity contribution in [2.75, 3.05) is 6.61 Å². The van der Waals surface area contributed by atoms with E-state index in [9.17, 15) is 4.79 Å². The van der Waals surface area contributed by atoms with Gasteiger partial charge in [-0.2, -0.15) is 0 Å². The lowest BCUT2D eigenvalue weighted by atomic mass is 10.0. The highest BCUT2D eigenvalue weighted by molar-refractivity contribution is 6.30. The van der Waals surface area contributed by atoms with Crippen molar-refractivity contribution < 1.29 is 9.53 Å². The van der Waals surface area contributed by atoms with Crippen molar-refractivity contribution in [2.45, 2.75) is 13.3 Å². The molecule has 1 aromatic rings. The van der Waals surface area contributed by atoms with Gasteiger partial charge in [0.2, 0.25) is 0 Å². The zero-order chi connectivity index (χ0) is 9.68. The Hall–Kier alpha value is -1.32. The number of hydrogen-bond donors (Lipinski definition) is 0. The Balaban J connectivity index is 2.58. The fourth-order valence-electron chi connectivity index (χ4n) is 0.956.